The number of hydrogen-bond donors (Lipinski definition) is 3. The third-order valence-electron chi connectivity index (χ3n) is 4.69. The number of aliphatic hydroxyl groups excluding tert-OH is 2. The van der Waals surface area contributed by atoms with E-state index in [0.29, 0.717) is 24.7 Å². The third-order valence-corrected chi connectivity index (χ3v) is 4.69. The summed E-state index contributed by atoms with van der Waals surface area (Å²) in [6.07, 6.45) is -0.846. The van der Waals surface area contributed by atoms with Crippen molar-refractivity contribution in [3.05, 3.63) is 24.3 Å². The summed E-state index contributed by atoms with van der Waals surface area (Å²) in [5, 5.41) is 23.7. The smallest absolute Gasteiger partial charge is 0.229 e. The molecule has 2 aliphatic rings. The number of nitrogens with zero attached hydrogens (tertiary/aromatic N) is 3. The number of piperazine rings is 1. The molecule has 0 unspecified atom stereocenters. The van der Waals surface area contributed by atoms with Gasteiger partial charge in [0.05, 0.1) is 23.1 Å². The standard InChI is InChI=1S/C17H22N4O3/c22-14-9-11(10-15(14)23)24-16-12-3-1-2-4-13(12)19-17(20-16)21-7-5-18-6-8-21/h1-4,11,14-15,18,22-23H,5-10H2/t11-,14+,15-. The van der Waals surface area contributed by atoms with Crippen LogP contribution in [0.25, 0.3) is 10.9 Å². The first-order chi connectivity index (χ1) is 11.7. The fourth-order valence-electron chi connectivity index (χ4n) is 3.34. The molecule has 0 amide bonds. The minimum absolute atomic E-state index is 0.232. The van der Waals surface area contributed by atoms with Crippen LogP contribution in [0.5, 0.6) is 5.88 Å². The number of para-hydroxylation sites is 1. The Labute approximate surface area is 140 Å². The molecule has 2 aromatic rings. The largest absolute Gasteiger partial charge is 0.474 e. The number of anilines is 1. The average Bonchev–Trinajstić information content (AvgIpc) is 2.93. The van der Waals surface area contributed by atoms with Gasteiger partial charge in [-0.25, -0.2) is 4.98 Å². The predicted molar refractivity (Wildman–Crippen MR) is 90.3 cm³/mol. The molecule has 2 heterocycles. The van der Waals surface area contributed by atoms with Crippen molar-refractivity contribution in [1.82, 2.24) is 15.3 Å². The van der Waals surface area contributed by atoms with Crippen molar-refractivity contribution in [2.45, 2.75) is 31.2 Å². The van der Waals surface area contributed by atoms with E-state index in [-0.39, 0.29) is 6.10 Å². The number of aromatic nitrogens is 2. The number of aliphatic hydroxyl groups is 2. The van der Waals surface area contributed by atoms with Crippen LogP contribution in [-0.4, -0.2) is 64.7 Å². The van der Waals surface area contributed by atoms with Crippen LogP contribution in [0.15, 0.2) is 24.3 Å². The molecule has 1 saturated heterocycles. The quantitative estimate of drug-likeness (QED) is 0.746. The molecule has 1 saturated carbocycles. The van der Waals surface area contributed by atoms with Gasteiger partial charge in [-0.1, -0.05) is 12.1 Å². The van der Waals surface area contributed by atoms with Crippen LogP contribution in [0.4, 0.5) is 5.95 Å². The van der Waals surface area contributed by atoms with Gasteiger partial charge in [-0.3, -0.25) is 0 Å². The molecule has 0 radical (unpaired) electrons. The van der Waals surface area contributed by atoms with E-state index >= 15 is 0 Å². The van der Waals surface area contributed by atoms with Crippen molar-refractivity contribution in [1.29, 1.82) is 0 Å². The molecule has 4 rings (SSSR count). The molecule has 0 bridgehead atoms. The highest BCUT2D eigenvalue weighted by Crippen LogP contribution is 2.30. The summed E-state index contributed by atoms with van der Waals surface area (Å²) in [5.74, 6) is 1.20. The van der Waals surface area contributed by atoms with Gasteiger partial charge in [-0.2, -0.15) is 4.98 Å². The second kappa shape index (κ2) is 6.51. The average molecular weight is 330 g/mol. The van der Waals surface area contributed by atoms with E-state index in [0.717, 1.165) is 37.1 Å². The van der Waals surface area contributed by atoms with Gasteiger partial charge < -0.3 is 25.2 Å². The second-order valence-corrected chi connectivity index (χ2v) is 6.43. The zero-order chi connectivity index (χ0) is 16.5. The maximum Gasteiger partial charge on any atom is 0.229 e. The van der Waals surface area contributed by atoms with Crippen molar-refractivity contribution in [2.24, 2.45) is 0 Å². The molecule has 2 fully saturated rings. The first kappa shape index (κ1) is 15.6. The lowest BCUT2D eigenvalue weighted by Gasteiger charge is -2.28. The van der Waals surface area contributed by atoms with Gasteiger partial charge in [0.15, 0.2) is 0 Å². The number of fused-ring (bicyclic) bond motifs is 1. The van der Waals surface area contributed by atoms with Crippen LogP contribution in [-0.2, 0) is 0 Å². The van der Waals surface area contributed by atoms with Crippen molar-refractivity contribution in [3.63, 3.8) is 0 Å². The van der Waals surface area contributed by atoms with Crippen molar-refractivity contribution >= 4 is 16.9 Å². The van der Waals surface area contributed by atoms with Crippen molar-refractivity contribution in [2.75, 3.05) is 31.1 Å². The van der Waals surface area contributed by atoms with Crippen LogP contribution in [0, 0.1) is 0 Å². The van der Waals surface area contributed by atoms with E-state index in [1.54, 1.807) is 0 Å². The summed E-state index contributed by atoms with van der Waals surface area (Å²) in [6, 6.07) is 7.77. The first-order valence-corrected chi connectivity index (χ1v) is 8.46. The number of rotatable bonds is 3. The van der Waals surface area contributed by atoms with Gasteiger partial charge in [0.2, 0.25) is 11.8 Å². The highest BCUT2D eigenvalue weighted by Gasteiger charge is 2.33. The normalized spacial score (nSPS) is 27.6. The van der Waals surface area contributed by atoms with E-state index in [1.807, 2.05) is 24.3 Å². The van der Waals surface area contributed by atoms with Gasteiger partial charge >= 0.3 is 0 Å². The van der Waals surface area contributed by atoms with E-state index in [9.17, 15) is 10.2 Å². The Hall–Kier alpha value is -1.96. The topological polar surface area (TPSA) is 90.7 Å². The van der Waals surface area contributed by atoms with Crippen molar-refractivity contribution < 1.29 is 14.9 Å². The van der Waals surface area contributed by atoms with Crippen LogP contribution >= 0.6 is 0 Å². The molecule has 7 heteroatoms. The monoisotopic (exact) mass is 330 g/mol. The molecule has 24 heavy (non-hydrogen) atoms. The Morgan fingerprint density at radius 2 is 1.75 bits per heavy atom. The predicted octanol–water partition coefficient (Wildman–Crippen LogP) is 0.302. The molecule has 1 aromatic carbocycles. The van der Waals surface area contributed by atoms with Crippen LogP contribution < -0.4 is 15.0 Å². The summed E-state index contributed by atoms with van der Waals surface area (Å²) in [7, 11) is 0. The Morgan fingerprint density at radius 1 is 1.04 bits per heavy atom. The molecular weight excluding hydrogens is 308 g/mol. The number of benzene rings is 1. The molecule has 1 aliphatic carbocycles. The highest BCUT2D eigenvalue weighted by molar-refractivity contribution is 5.84. The zero-order valence-electron chi connectivity index (χ0n) is 13.4. The van der Waals surface area contributed by atoms with Gasteiger partial charge in [0.25, 0.3) is 0 Å². The third kappa shape index (κ3) is 3.02. The van der Waals surface area contributed by atoms with Crippen LogP contribution in [0.1, 0.15) is 12.8 Å². The van der Waals surface area contributed by atoms with Crippen LogP contribution in [0.3, 0.4) is 0 Å². The highest BCUT2D eigenvalue weighted by atomic mass is 16.5. The van der Waals surface area contributed by atoms with Gasteiger partial charge in [0.1, 0.15) is 6.10 Å². The Kier molecular flexibility index (Phi) is 4.22. The summed E-state index contributed by atoms with van der Waals surface area (Å²) < 4.78 is 6.05. The number of ether oxygens (including phenoxy) is 1. The Balaban J connectivity index is 1.67. The molecule has 7 nitrogen and oxygen atoms in total. The summed E-state index contributed by atoms with van der Waals surface area (Å²) in [4.78, 5) is 11.5. The molecule has 1 aliphatic heterocycles. The molecule has 1 aromatic heterocycles. The molecule has 3 N–H and O–H groups in total. The van der Waals surface area contributed by atoms with Gasteiger partial charge in [-0.15, -0.1) is 0 Å². The summed E-state index contributed by atoms with van der Waals surface area (Å²) in [6.45, 7) is 3.54. The maximum atomic E-state index is 9.74. The lowest BCUT2D eigenvalue weighted by atomic mass is 10.2. The van der Waals surface area contributed by atoms with E-state index in [1.165, 1.54) is 0 Å². The van der Waals surface area contributed by atoms with Gasteiger partial charge in [0, 0.05) is 39.0 Å². The minimum atomic E-state index is -0.726. The fraction of sp³-hybridized carbons (Fsp3) is 0.529. The molecular formula is C17H22N4O3. The number of nitrogens with one attached hydrogen (secondary N) is 1. The molecule has 3 atom stereocenters. The molecule has 0 spiro atoms. The Bertz CT molecular complexity index is 710. The lowest BCUT2D eigenvalue weighted by molar-refractivity contribution is 0.0438. The Morgan fingerprint density at radius 3 is 2.50 bits per heavy atom. The SMILES string of the molecule is O[C@@H]1C[C@H](Oc2nc(N3CCNCC3)nc3ccccc23)C[C@@H]1O. The van der Waals surface area contributed by atoms with E-state index < -0.39 is 12.2 Å². The summed E-state index contributed by atoms with van der Waals surface area (Å²) >= 11 is 0. The minimum Gasteiger partial charge on any atom is -0.474 e. The van der Waals surface area contributed by atoms with Crippen molar-refractivity contribution in [3.8, 4) is 5.88 Å². The zero-order valence-corrected chi connectivity index (χ0v) is 13.4. The summed E-state index contributed by atoms with van der Waals surface area (Å²) in [5.41, 5.74) is 0.843. The first-order valence-electron chi connectivity index (χ1n) is 8.46. The van der Waals surface area contributed by atoms with Gasteiger partial charge in [-0.05, 0) is 12.1 Å². The second-order valence-electron chi connectivity index (χ2n) is 6.43. The van der Waals surface area contributed by atoms with E-state index in [2.05, 4.69) is 20.2 Å². The maximum absolute atomic E-state index is 9.74. The van der Waals surface area contributed by atoms with E-state index in [4.69, 9.17) is 4.74 Å². The fourth-order valence-corrected chi connectivity index (χ4v) is 3.34. The number of hydrogen-bond acceptors (Lipinski definition) is 7. The molecule has 128 valence electrons. The van der Waals surface area contributed by atoms with Crippen LogP contribution in [0.2, 0.25) is 0 Å². The lowest BCUT2D eigenvalue weighted by Crippen LogP contribution is -2.44.